The lowest BCUT2D eigenvalue weighted by Crippen LogP contribution is -2.39. The second-order valence-corrected chi connectivity index (χ2v) is 6.81. The molecular weight excluding hydrogens is 342 g/mol. The van der Waals surface area contributed by atoms with Gasteiger partial charge in [0.25, 0.3) is 0 Å². The summed E-state index contributed by atoms with van der Waals surface area (Å²) in [5, 5.41) is 27.4. The van der Waals surface area contributed by atoms with Crippen LogP contribution in [0, 0.1) is 0 Å². The molecule has 1 unspecified atom stereocenters. The number of aliphatic carboxylic acids is 2. The Morgan fingerprint density at radius 1 is 1.15 bits per heavy atom. The summed E-state index contributed by atoms with van der Waals surface area (Å²) in [7, 11) is 0. The van der Waals surface area contributed by atoms with Crippen LogP contribution in [0.1, 0.15) is 50.7 Å². The number of hydroxylamine groups is 1. The van der Waals surface area contributed by atoms with Crippen LogP contribution in [0.2, 0.25) is 0 Å². The Morgan fingerprint density at radius 3 is 2.19 bits per heavy atom. The maximum Gasteiger partial charge on any atom is 0.331 e. The van der Waals surface area contributed by atoms with Gasteiger partial charge in [-0.25, -0.2) is 4.79 Å². The number of nitrogens with one attached hydrogen (secondary N) is 1. The highest BCUT2D eigenvalue weighted by Crippen LogP contribution is 2.19. The largest absolute Gasteiger partial charge is 0.481 e. The first kappa shape index (κ1) is 21.6. The molecule has 0 aliphatic rings. The van der Waals surface area contributed by atoms with Crippen LogP contribution < -0.4 is 5.48 Å². The molecule has 8 heteroatoms. The van der Waals surface area contributed by atoms with E-state index in [0.29, 0.717) is 12.0 Å². The van der Waals surface area contributed by atoms with E-state index in [4.69, 9.17) is 15.1 Å². The van der Waals surface area contributed by atoms with Crippen LogP contribution in [-0.4, -0.2) is 44.9 Å². The average Bonchev–Trinajstić information content (AvgIpc) is 2.52. The van der Waals surface area contributed by atoms with Crippen molar-refractivity contribution in [2.45, 2.75) is 57.6 Å². The molecule has 0 bridgehead atoms. The molecule has 1 aromatic rings. The van der Waals surface area contributed by atoms with Gasteiger partial charge in [0.2, 0.25) is 0 Å². The zero-order valence-electron chi connectivity index (χ0n) is 15.1. The SMILES string of the molecule is CC(C(=O)ON[C@@H](CCC(=O)O)C(=O)O)c1ccc(CC(C)(C)O)cc1. The van der Waals surface area contributed by atoms with E-state index >= 15 is 0 Å². The average molecular weight is 367 g/mol. The monoisotopic (exact) mass is 367 g/mol. The first-order valence-corrected chi connectivity index (χ1v) is 8.21. The third-order valence-electron chi connectivity index (χ3n) is 3.72. The lowest BCUT2D eigenvalue weighted by atomic mass is 9.95. The normalized spacial score (nSPS) is 13.7. The predicted octanol–water partition coefficient (Wildman–Crippen LogP) is 1.47. The maximum absolute atomic E-state index is 12.1. The van der Waals surface area contributed by atoms with E-state index in [9.17, 15) is 19.5 Å². The summed E-state index contributed by atoms with van der Waals surface area (Å²) in [6.07, 6.45) is -0.102. The second kappa shape index (κ2) is 9.30. The van der Waals surface area contributed by atoms with Crippen LogP contribution in [0.3, 0.4) is 0 Å². The van der Waals surface area contributed by atoms with E-state index in [1.165, 1.54) is 0 Å². The number of carboxylic acid groups (broad SMARTS) is 2. The van der Waals surface area contributed by atoms with Crippen LogP contribution in [0.5, 0.6) is 0 Å². The van der Waals surface area contributed by atoms with Crippen molar-refractivity contribution in [3.63, 3.8) is 0 Å². The Morgan fingerprint density at radius 2 is 1.73 bits per heavy atom. The van der Waals surface area contributed by atoms with Crippen molar-refractivity contribution in [1.82, 2.24) is 5.48 Å². The fourth-order valence-electron chi connectivity index (χ4n) is 2.28. The first-order valence-electron chi connectivity index (χ1n) is 8.21. The van der Waals surface area contributed by atoms with Crippen molar-refractivity contribution in [1.29, 1.82) is 0 Å². The number of benzene rings is 1. The number of hydrogen-bond acceptors (Lipinski definition) is 6. The number of hydrogen-bond donors (Lipinski definition) is 4. The predicted molar refractivity (Wildman–Crippen MR) is 92.4 cm³/mol. The van der Waals surface area contributed by atoms with Gasteiger partial charge in [-0.15, -0.1) is 5.48 Å². The molecule has 0 spiro atoms. The quantitative estimate of drug-likeness (QED) is 0.457. The molecule has 0 aliphatic carbocycles. The molecule has 1 rings (SSSR count). The molecule has 0 heterocycles. The molecule has 4 N–H and O–H groups in total. The molecule has 0 aromatic heterocycles. The molecule has 2 atom stereocenters. The Kier molecular flexibility index (Phi) is 7.73. The fraction of sp³-hybridized carbons (Fsp3) is 0.500. The highest BCUT2D eigenvalue weighted by Gasteiger charge is 2.23. The number of aliphatic hydroxyl groups is 1. The summed E-state index contributed by atoms with van der Waals surface area (Å²) in [4.78, 5) is 38.5. The van der Waals surface area contributed by atoms with Gasteiger partial charge in [-0.3, -0.25) is 9.59 Å². The molecule has 0 fully saturated rings. The summed E-state index contributed by atoms with van der Waals surface area (Å²) in [5.41, 5.74) is 2.88. The number of carbonyl (C=O) groups is 3. The molecule has 0 saturated carbocycles. The van der Waals surface area contributed by atoms with Crippen molar-refractivity contribution in [3.8, 4) is 0 Å². The third kappa shape index (κ3) is 7.62. The number of carboxylic acids is 2. The number of rotatable bonds is 10. The molecule has 144 valence electrons. The van der Waals surface area contributed by atoms with Gasteiger partial charge in [0.1, 0.15) is 6.04 Å². The lowest BCUT2D eigenvalue weighted by molar-refractivity contribution is -0.159. The Balaban J connectivity index is 2.63. The van der Waals surface area contributed by atoms with Crippen LogP contribution in [-0.2, 0) is 25.6 Å². The minimum atomic E-state index is -1.30. The number of carbonyl (C=O) groups excluding carboxylic acids is 1. The van der Waals surface area contributed by atoms with E-state index in [1.807, 2.05) is 0 Å². The van der Waals surface area contributed by atoms with Crippen molar-refractivity contribution in [3.05, 3.63) is 35.4 Å². The topological polar surface area (TPSA) is 133 Å². The van der Waals surface area contributed by atoms with Gasteiger partial charge in [-0.05, 0) is 38.3 Å². The molecule has 1 aromatic carbocycles. The van der Waals surface area contributed by atoms with E-state index in [2.05, 4.69) is 5.48 Å². The van der Waals surface area contributed by atoms with Gasteiger partial charge < -0.3 is 20.2 Å². The van der Waals surface area contributed by atoms with Crippen LogP contribution >= 0.6 is 0 Å². The fourth-order valence-corrected chi connectivity index (χ4v) is 2.28. The summed E-state index contributed by atoms with van der Waals surface area (Å²) in [5.74, 6) is -3.76. The Bertz CT molecular complexity index is 634. The minimum absolute atomic E-state index is 0.210. The van der Waals surface area contributed by atoms with E-state index in [-0.39, 0.29) is 12.8 Å². The van der Waals surface area contributed by atoms with Gasteiger partial charge in [0.15, 0.2) is 0 Å². The van der Waals surface area contributed by atoms with Gasteiger partial charge in [-0.2, -0.15) is 0 Å². The second-order valence-electron chi connectivity index (χ2n) is 6.81. The summed E-state index contributed by atoms with van der Waals surface area (Å²) in [6, 6.07) is 5.80. The van der Waals surface area contributed by atoms with Crippen LogP contribution in [0.25, 0.3) is 0 Å². The molecular formula is C18H25NO7. The Hall–Kier alpha value is -2.45. The van der Waals surface area contributed by atoms with Crippen molar-refractivity contribution in [2.75, 3.05) is 0 Å². The van der Waals surface area contributed by atoms with Gasteiger partial charge in [0, 0.05) is 12.8 Å². The van der Waals surface area contributed by atoms with E-state index < -0.39 is 35.5 Å². The van der Waals surface area contributed by atoms with E-state index in [0.717, 1.165) is 5.56 Å². The van der Waals surface area contributed by atoms with Crippen molar-refractivity contribution < 1.29 is 34.5 Å². The van der Waals surface area contributed by atoms with E-state index in [1.54, 1.807) is 45.0 Å². The lowest BCUT2D eigenvalue weighted by Gasteiger charge is -2.18. The Labute approximate surface area is 151 Å². The van der Waals surface area contributed by atoms with Crippen molar-refractivity contribution >= 4 is 17.9 Å². The highest BCUT2D eigenvalue weighted by atomic mass is 16.7. The minimum Gasteiger partial charge on any atom is -0.481 e. The molecule has 0 aliphatic heterocycles. The van der Waals surface area contributed by atoms with Crippen molar-refractivity contribution in [2.24, 2.45) is 0 Å². The molecule has 8 nitrogen and oxygen atoms in total. The van der Waals surface area contributed by atoms with Gasteiger partial charge in [-0.1, -0.05) is 24.3 Å². The molecule has 0 amide bonds. The summed E-state index contributed by atoms with van der Waals surface area (Å²) < 4.78 is 0. The standard InChI is InChI=1S/C18H25NO7/c1-11(13-6-4-12(5-7-13)10-18(2,3)25)17(24)26-19-14(16(22)23)8-9-15(20)21/h4-7,11,14,19,25H,8-10H2,1-3H3,(H,20,21)(H,22,23)/t11?,14-/m0/s1. The third-order valence-corrected chi connectivity index (χ3v) is 3.72. The summed E-state index contributed by atoms with van der Waals surface area (Å²) >= 11 is 0. The first-order chi connectivity index (χ1) is 12.0. The van der Waals surface area contributed by atoms with Gasteiger partial charge >= 0.3 is 17.9 Å². The van der Waals surface area contributed by atoms with Crippen LogP contribution in [0.4, 0.5) is 0 Å². The molecule has 0 radical (unpaired) electrons. The molecule has 0 saturated heterocycles. The van der Waals surface area contributed by atoms with Crippen LogP contribution in [0.15, 0.2) is 24.3 Å². The zero-order valence-corrected chi connectivity index (χ0v) is 15.1. The molecule has 26 heavy (non-hydrogen) atoms. The van der Waals surface area contributed by atoms with Gasteiger partial charge in [0.05, 0.1) is 11.5 Å². The highest BCUT2D eigenvalue weighted by molar-refractivity contribution is 5.78. The smallest absolute Gasteiger partial charge is 0.331 e. The maximum atomic E-state index is 12.1. The zero-order chi connectivity index (χ0) is 19.9. The summed E-state index contributed by atoms with van der Waals surface area (Å²) in [6.45, 7) is 5.02.